The van der Waals surface area contributed by atoms with E-state index in [0.29, 0.717) is 27.7 Å². The molecular formula is C22H23NO3. The van der Waals surface area contributed by atoms with E-state index in [9.17, 15) is 4.79 Å². The van der Waals surface area contributed by atoms with Crippen molar-refractivity contribution >= 4 is 28.0 Å². The van der Waals surface area contributed by atoms with E-state index in [1.165, 1.54) is 19.3 Å². The molecule has 1 fully saturated rings. The number of methoxy groups -OCH3 is 1. The van der Waals surface area contributed by atoms with Gasteiger partial charge in [-0.25, -0.2) is 0 Å². The van der Waals surface area contributed by atoms with E-state index in [-0.39, 0.29) is 5.43 Å². The Hall–Kier alpha value is -2.59. The molecule has 1 aromatic heterocycles. The average molecular weight is 349 g/mol. The lowest BCUT2D eigenvalue weighted by molar-refractivity contribution is 0.252. The van der Waals surface area contributed by atoms with E-state index < -0.39 is 0 Å². The summed E-state index contributed by atoms with van der Waals surface area (Å²) in [6.45, 7) is 3.20. The third-order valence-corrected chi connectivity index (χ3v) is 5.06. The van der Waals surface area contributed by atoms with Crippen molar-refractivity contribution in [3.8, 4) is 5.75 Å². The number of para-hydroxylation sites is 1. The number of benzene rings is 2. The first-order valence-electron chi connectivity index (χ1n) is 9.19. The van der Waals surface area contributed by atoms with Crippen LogP contribution in [0, 0.1) is 0 Å². The highest BCUT2D eigenvalue weighted by Gasteiger charge is 2.14. The van der Waals surface area contributed by atoms with Gasteiger partial charge < -0.3 is 9.15 Å². The lowest BCUT2D eigenvalue weighted by Crippen LogP contribution is -2.29. The summed E-state index contributed by atoms with van der Waals surface area (Å²) in [7, 11) is 1.64. The van der Waals surface area contributed by atoms with Gasteiger partial charge in [0, 0.05) is 6.54 Å². The third-order valence-electron chi connectivity index (χ3n) is 5.06. The van der Waals surface area contributed by atoms with Crippen molar-refractivity contribution in [1.29, 1.82) is 0 Å². The van der Waals surface area contributed by atoms with Gasteiger partial charge >= 0.3 is 0 Å². The van der Waals surface area contributed by atoms with Gasteiger partial charge in [-0.2, -0.15) is 0 Å². The molecule has 1 saturated heterocycles. The second-order valence-electron chi connectivity index (χ2n) is 6.75. The van der Waals surface area contributed by atoms with Crippen molar-refractivity contribution in [3.63, 3.8) is 0 Å². The molecule has 4 rings (SSSR count). The molecule has 4 nitrogen and oxygen atoms in total. The van der Waals surface area contributed by atoms with Crippen LogP contribution in [-0.2, 0) is 0 Å². The second kappa shape index (κ2) is 7.34. The zero-order chi connectivity index (χ0) is 17.9. The molecule has 2 heterocycles. The van der Waals surface area contributed by atoms with Crippen LogP contribution in [0.25, 0.3) is 28.0 Å². The number of rotatable bonds is 4. The van der Waals surface area contributed by atoms with Gasteiger partial charge in [0.25, 0.3) is 0 Å². The summed E-state index contributed by atoms with van der Waals surface area (Å²) < 4.78 is 11.6. The van der Waals surface area contributed by atoms with Crippen LogP contribution in [0.3, 0.4) is 0 Å². The van der Waals surface area contributed by atoms with Gasteiger partial charge in [0.2, 0.25) is 5.43 Å². The molecule has 0 spiro atoms. The van der Waals surface area contributed by atoms with E-state index >= 15 is 0 Å². The minimum Gasteiger partial charge on any atom is -0.496 e. The van der Waals surface area contributed by atoms with Crippen molar-refractivity contribution < 1.29 is 9.15 Å². The second-order valence-corrected chi connectivity index (χ2v) is 6.75. The number of fused-ring (bicyclic) bond motifs is 2. The van der Waals surface area contributed by atoms with Crippen LogP contribution in [0.1, 0.15) is 24.8 Å². The lowest BCUT2D eigenvalue weighted by Gasteiger charge is -2.24. The molecule has 0 bridgehead atoms. The van der Waals surface area contributed by atoms with Crippen LogP contribution in [-0.4, -0.2) is 31.6 Å². The fourth-order valence-corrected chi connectivity index (χ4v) is 3.67. The summed E-state index contributed by atoms with van der Waals surface area (Å²) in [6, 6.07) is 11.0. The predicted molar refractivity (Wildman–Crippen MR) is 106 cm³/mol. The smallest absolute Gasteiger partial charge is 0.200 e. The van der Waals surface area contributed by atoms with Crippen LogP contribution in [0.5, 0.6) is 5.75 Å². The Morgan fingerprint density at radius 1 is 1.08 bits per heavy atom. The summed E-state index contributed by atoms with van der Waals surface area (Å²) in [4.78, 5) is 15.3. The number of nitrogens with zero attached hydrogens (tertiary/aromatic N) is 1. The minimum absolute atomic E-state index is 0.00446. The van der Waals surface area contributed by atoms with Crippen LogP contribution < -0.4 is 10.2 Å². The van der Waals surface area contributed by atoms with Crippen LogP contribution in [0.15, 0.2) is 51.7 Å². The van der Waals surface area contributed by atoms with Gasteiger partial charge in [-0.3, -0.25) is 9.69 Å². The maximum Gasteiger partial charge on any atom is 0.200 e. The Morgan fingerprint density at radius 3 is 2.69 bits per heavy atom. The lowest BCUT2D eigenvalue weighted by atomic mass is 10.1. The van der Waals surface area contributed by atoms with E-state index in [2.05, 4.69) is 11.0 Å². The Kier molecular flexibility index (Phi) is 4.76. The molecule has 2 aromatic carbocycles. The number of likely N-dealkylation sites (tertiary alicyclic amines) is 1. The molecule has 0 saturated carbocycles. The number of hydrogen-bond donors (Lipinski definition) is 0. The molecule has 0 amide bonds. The molecule has 3 aromatic rings. The summed E-state index contributed by atoms with van der Waals surface area (Å²) in [5.41, 5.74) is 2.01. The van der Waals surface area contributed by atoms with Crippen molar-refractivity contribution in [2.24, 2.45) is 0 Å². The average Bonchev–Trinajstić information content (AvgIpc) is 2.69. The van der Waals surface area contributed by atoms with Crippen molar-refractivity contribution in [2.75, 3.05) is 26.7 Å². The molecule has 0 aliphatic carbocycles. The molecule has 1 aliphatic rings. The fraction of sp³-hybridized carbons (Fsp3) is 0.318. The van der Waals surface area contributed by atoms with Crippen LogP contribution in [0.4, 0.5) is 0 Å². The Morgan fingerprint density at radius 2 is 1.88 bits per heavy atom. The van der Waals surface area contributed by atoms with Gasteiger partial charge in [-0.05, 0) is 50.2 Å². The maximum atomic E-state index is 12.8. The van der Waals surface area contributed by atoms with Gasteiger partial charge in [0.05, 0.1) is 23.4 Å². The highest BCUT2D eigenvalue weighted by atomic mass is 16.5. The molecule has 1 aliphatic heterocycles. The van der Waals surface area contributed by atoms with Crippen molar-refractivity contribution in [1.82, 2.24) is 4.90 Å². The highest BCUT2D eigenvalue weighted by Crippen LogP contribution is 2.30. The predicted octanol–water partition coefficient (Wildman–Crippen LogP) is 4.45. The monoisotopic (exact) mass is 349 g/mol. The van der Waals surface area contributed by atoms with Gasteiger partial charge in [-0.1, -0.05) is 30.7 Å². The minimum atomic E-state index is -0.00446. The Balaban J connectivity index is 1.79. The van der Waals surface area contributed by atoms with Gasteiger partial charge in [-0.15, -0.1) is 0 Å². The topological polar surface area (TPSA) is 42.7 Å². The first-order valence-corrected chi connectivity index (χ1v) is 9.19. The van der Waals surface area contributed by atoms with E-state index in [4.69, 9.17) is 9.15 Å². The molecule has 134 valence electrons. The van der Waals surface area contributed by atoms with Crippen LogP contribution in [0.2, 0.25) is 0 Å². The number of piperidine rings is 1. The third kappa shape index (κ3) is 3.13. The SMILES string of the molecule is COc1ccc2c(=O)c3ccccc3oc2c1C=CCN1CCCCC1. The first-order chi connectivity index (χ1) is 12.8. The Labute approximate surface area is 152 Å². The van der Waals surface area contributed by atoms with E-state index in [0.717, 1.165) is 25.2 Å². The zero-order valence-electron chi connectivity index (χ0n) is 15.0. The normalized spacial score (nSPS) is 15.9. The highest BCUT2D eigenvalue weighted by molar-refractivity contribution is 5.95. The summed E-state index contributed by atoms with van der Waals surface area (Å²) in [5.74, 6) is 0.714. The molecule has 4 heteroatoms. The molecule has 26 heavy (non-hydrogen) atoms. The maximum absolute atomic E-state index is 12.8. The van der Waals surface area contributed by atoms with Gasteiger partial charge in [0.1, 0.15) is 16.9 Å². The van der Waals surface area contributed by atoms with Crippen molar-refractivity contribution in [2.45, 2.75) is 19.3 Å². The molecular weight excluding hydrogens is 326 g/mol. The van der Waals surface area contributed by atoms with E-state index in [1.54, 1.807) is 19.2 Å². The quantitative estimate of drug-likeness (QED) is 0.653. The zero-order valence-corrected chi connectivity index (χ0v) is 15.0. The molecule has 0 radical (unpaired) electrons. The summed E-state index contributed by atoms with van der Waals surface area (Å²) in [6.07, 6.45) is 8.03. The largest absolute Gasteiger partial charge is 0.496 e. The summed E-state index contributed by atoms with van der Waals surface area (Å²) >= 11 is 0. The Bertz CT molecular complexity index is 1010. The summed E-state index contributed by atoms with van der Waals surface area (Å²) in [5, 5.41) is 1.19. The number of hydrogen-bond acceptors (Lipinski definition) is 4. The number of ether oxygens (including phenoxy) is 1. The molecule has 0 N–H and O–H groups in total. The standard InChI is InChI=1S/C22H23NO3/c1-25-19-12-11-18-21(24)16-8-3-4-10-20(16)26-22(18)17(19)9-7-15-23-13-5-2-6-14-23/h3-4,7-12H,2,5-6,13-15H2,1H3. The van der Waals surface area contributed by atoms with Crippen molar-refractivity contribution in [3.05, 3.63) is 58.3 Å². The molecule has 0 atom stereocenters. The first kappa shape index (κ1) is 16.9. The van der Waals surface area contributed by atoms with Crippen LogP contribution >= 0.6 is 0 Å². The fourth-order valence-electron chi connectivity index (χ4n) is 3.67. The van der Waals surface area contributed by atoms with E-state index in [1.807, 2.05) is 30.3 Å². The van der Waals surface area contributed by atoms with Gasteiger partial charge in [0.15, 0.2) is 0 Å². The molecule has 0 unspecified atom stereocenters.